The van der Waals surface area contributed by atoms with Crippen LogP contribution in [0.15, 0.2) is 65.4 Å². The van der Waals surface area contributed by atoms with Crippen LogP contribution in [0.2, 0.25) is 0 Å². The molecule has 1 N–H and O–H groups in total. The maximum atomic E-state index is 10.3. The highest BCUT2D eigenvalue weighted by atomic mass is 79.9. The molecule has 3 nitrogen and oxygen atoms in total. The minimum atomic E-state index is -0.522. The SMILES string of the molecule is CC(Oc1ccc2cc(Br)ccc2c1)[C@@H](O)CCc1cccnc1. The van der Waals surface area contributed by atoms with Crippen LogP contribution >= 0.6 is 15.9 Å². The van der Waals surface area contributed by atoms with Gasteiger partial charge in [0.1, 0.15) is 11.9 Å². The summed E-state index contributed by atoms with van der Waals surface area (Å²) >= 11 is 3.48. The average molecular weight is 386 g/mol. The third-order valence-electron chi connectivity index (χ3n) is 4.09. The Balaban J connectivity index is 1.61. The second kappa shape index (κ2) is 7.77. The number of hydrogen-bond donors (Lipinski definition) is 1. The molecule has 0 radical (unpaired) electrons. The Morgan fingerprint density at radius 3 is 2.71 bits per heavy atom. The molecule has 3 aromatic rings. The van der Waals surface area contributed by atoms with Gasteiger partial charge in [-0.15, -0.1) is 0 Å². The number of aliphatic hydroxyl groups is 1. The summed E-state index contributed by atoms with van der Waals surface area (Å²) in [5.74, 6) is 0.776. The summed E-state index contributed by atoms with van der Waals surface area (Å²) in [5, 5.41) is 12.6. The van der Waals surface area contributed by atoms with Gasteiger partial charge in [-0.1, -0.05) is 34.1 Å². The molecule has 124 valence electrons. The zero-order chi connectivity index (χ0) is 16.9. The molecular weight excluding hydrogens is 366 g/mol. The van der Waals surface area contributed by atoms with Gasteiger partial charge in [0.2, 0.25) is 0 Å². The summed E-state index contributed by atoms with van der Waals surface area (Å²) in [6.45, 7) is 1.90. The van der Waals surface area contributed by atoms with Crippen molar-refractivity contribution in [1.82, 2.24) is 4.98 Å². The molecule has 3 rings (SSSR count). The summed E-state index contributed by atoms with van der Waals surface area (Å²) in [5.41, 5.74) is 1.13. The van der Waals surface area contributed by atoms with Crippen molar-refractivity contribution in [2.75, 3.05) is 0 Å². The van der Waals surface area contributed by atoms with Gasteiger partial charge in [-0.25, -0.2) is 0 Å². The largest absolute Gasteiger partial charge is 0.488 e. The van der Waals surface area contributed by atoms with Crippen molar-refractivity contribution in [3.05, 3.63) is 71.0 Å². The average Bonchev–Trinajstić information content (AvgIpc) is 2.60. The van der Waals surface area contributed by atoms with Gasteiger partial charge in [0.25, 0.3) is 0 Å². The Morgan fingerprint density at radius 1 is 1.12 bits per heavy atom. The molecule has 0 bridgehead atoms. The molecule has 1 heterocycles. The van der Waals surface area contributed by atoms with Gasteiger partial charge in [-0.05, 0) is 66.4 Å². The summed E-state index contributed by atoms with van der Waals surface area (Å²) in [4.78, 5) is 4.09. The molecule has 0 saturated carbocycles. The van der Waals surface area contributed by atoms with E-state index in [1.54, 1.807) is 6.20 Å². The van der Waals surface area contributed by atoms with Crippen LogP contribution in [0.1, 0.15) is 18.9 Å². The van der Waals surface area contributed by atoms with Gasteiger partial charge in [-0.3, -0.25) is 4.98 Å². The Kier molecular flexibility index (Phi) is 5.48. The number of benzene rings is 2. The molecule has 0 spiro atoms. The van der Waals surface area contributed by atoms with Crippen LogP contribution in [-0.2, 0) is 6.42 Å². The summed E-state index contributed by atoms with van der Waals surface area (Å²) in [6, 6.07) is 16.1. The minimum Gasteiger partial charge on any atom is -0.488 e. The zero-order valence-corrected chi connectivity index (χ0v) is 15.1. The molecule has 2 atom stereocenters. The number of aliphatic hydroxyl groups excluding tert-OH is 1. The minimum absolute atomic E-state index is 0.269. The van der Waals surface area contributed by atoms with E-state index in [4.69, 9.17) is 4.74 Å². The van der Waals surface area contributed by atoms with Gasteiger partial charge in [0, 0.05) is 16.9 Å². The van der Waals surface area contributed by atoms with Crippen molar-refractivity contribution in [3.63, 3.8) is 0 Å². The van der Waals surface area contributed by atoms with Gasteiger partial charge < -0.3 is 9.84 Å². The lowest BCUT2D eigenvalue weighted by atomic mass is 10.1. The van der Waals surface area contributed by atoms with E-state index in [1.165, 1.54) is 0 Å². The standard InChI is InChI=1S/C20H20BrNO2/c1-14(20(23)9-4-15-3-2-10-22-13-15)24-19-8-6-16-11-18(21)7-5-17(16)12-19/h2-3,5-8,10-14,20,23H,4,9H2,1H3/t14?,20-/m0/s1. The molecule has 0 amide bonds. The van der Waals surface area contributed by atoms with Crippen molar-refractivity contribution in [3.8, 4) is 5.75 Å². The molecule has 24 heavy (non-hydrogen) atoms. The quantitative estimate of drug-likeness (QED) is 0.664. The number of ether oxygens (including phenoxy) is 1. The topological polar surface area (TPSA) is 42.4 Å². The molecule has 0 aliphatic carbocycles. The number of aryl methyl sites for hydroxylation is 1. The first-order valence-electron chi connectivity index (χ1n) is 8.05. The van der Waals surface area contributed by atoms with Gasteiger partial charge in [-0.2, -0.15) is 0 Å². The first kappa shape index (κ1) is 16.9. The number of fused-ring (bicyclic) bond motifs is 1. The highest BCUT2D eigenvalue weighted by molar-refractivity contribution is 9.10. The zero-order valence-electron chi connectivity index (χ0n) is 13.5. The van der Waals surface area contributed by atoms with Gasteiger partial charge >= 0.3 is 0 Å². The Labute approximate surface area is 150 Å². The van der Waals surface area contributed by atoms with E-state index < -0.39 is 6.10 Å². The second-order valence-electron chi connectivity index (χ2n) is 5.94. The van der Waals surface area contributed by atoms with Gasteiger partial charge in [0.15, 0.2) is 0 Å². The predicted octanol–water partition coefficient (Wildman–Crippen LogP) is 4.76. The molecule has 4 heteroatoms. The van der Waals surface area contributed by atoms with Crippen molar-refractivity contribution >= 4 is 26.7 Å². The fourth-order valence-electron chi connectivity index (χ4n) is 2.66. The molecule has 2 aromatic carbocycles. The van der Waals surface area contributed by atoms with Crippen LogP contribution in [0.25, 0.3) is 10.8 Å². The molecule has 1 unspecified atom stereocenters. The maximum absolute atomic E-state index is 10.3. The summed E-state index contributed by atoms with van der Waals surface area (Å²) in [7, 11) is 0. The highest BCUT2D eigenvalue weighted by Crippen LogP contribution is 2.25. The maximum Gasteiger partial charge on any atom is 0.122 e. The first-order chi connectivity index (χ1) is 11.6. The van der Waals surface area contributed by atoms with Crippen LogP contribution in [0.5, 0.6) is 5.75 Å². The Bertz CT molecular complexity index is 807. The Hall–Kier alpha value is -1.91. The van der Waals surface area contributed by atoms with Crippen molar-refractivity contribution in [1.29, 1.82) is 0 Å². The number of nitrogens with zero attached hydrogens (tertiary/aromatic N) is 1. The third kappa shape index (κ3) is 4.34. The second-order valence-corrected chi connectivity index (χ2v) is 6.86. The number of rotatable bonds is 6. The fourth-order valence-corrected chi connectivity index (χ4v) is 3.04. The van der Waals surface area contributed by atoms with E-state index in [1.807, 2.05) is 49.5 Å². The number of halogens is 1. The number of aromatic nitrogens is 1. The normalized spacial score (nSPS) is 13.6. The van der Waals surface area contributed by atoms with Crippen molar-refractivity contribution < 1.29 is 9.84 Å². The monoisotopic (exact) mass is 385 g/mol. The van der Waals surface area contributed by atoms with Crippen LogP contribution < -0.4 is 4.74 Å². The van der Waals surface area contributed by atoms with E-state index in [0.717, 1.165) is 33.0 Å². The van der Waals surface area contributed by atoms with E-state index >= 15 is 0 Å². The number of hydrogen-bond acceptors (Lipinski definition) is 3. The molecule has 0 saturated heterocycles. The van der Waals surface area contributed by atoms with E-state index in [-0.39, 0.29) is 6.10 Å². The van der Waals surface area contributed by atoms with Crippen molar-refractivity contribution in [2.24, 2.45) is 0 Å². The van der Waals surface area contributed by atoms with E-state index in [2.05, 4.69) is 33.0 Å². The smallest absolute Gasteiger partial charge is 0.122 e. The van der Waals surface area contributed by atoms with Crippen LogP contribution in [0, 0.1) is 0 Å². The predicted molar refractivity (Wildman–Crippen MR) is 100 cm³/mol. The first-order valence-corrected chi connectivity index (χ1v) is 8.84. The van der Waals surface area contributed by atoms with E-state index in [9.17, 15) is 5.11 Å². The lowest BCUT2D eigenvalue weighted by molar-refractivity contribution is 0.0421. The molecule has 0 aliphatic rings. The molecular formula is C20H20BrNO2. The lowest BCUT2D eigenvalue weighted by Gasteiger charge is -2.21. The van der Waals surface area contributed by atoms with Crippen LogP contribution in [0.4, 0.5) is 0 Å². The van der Waals surface area contributed by atoms with Gasteiger partial charge in [0.05, 0.1) is 6.10 Å². The fraction of sp³-hybridized carbons (Fsp3) is 0.250. The van der Waals surface area contributed by atoms with Crippen LogP contribution in [-0.4, -0.2) is 22.3 Å². The van der Waals surface area contributed by atoms with Crippen LogP contribution in [0.3, 0.4) is 0 Å². The molecule has 0 aliphatic heterocycles. The highest BCUT2D eigenvalue weighted by Gasteiger charge is 2.16. The summed E-state index contributed by atoms with van der Waals surface area (Å²) < 4.78 is 6.98. The Morgan fingerprint density at radius 2 is 1.92 bits per heavy atom. The lowest BCUT2D eigenvalue weighted by Crippen LogP contribution is -2.29. The third-order valence-corrected chi connectivity index (χ3v) is 4.58. The number of pyridine rings is 1. The molecule has 1 aromatic heterocycles. The molecule has 0 fully saturated rings. The summed E-state index contributed by atoms with van der Waals surface area (Å²) in [6.07, 6.45) is 4.23. The van der Waals surface area contributed by atoms with E-state index in [0.29, 0.717) is 6.42 Å². The van der Waals surface area contributed by atoms with Crippen molar-refractivity contribution in [2.45, 2.75) is 32.0 Å².